The van der Waals surface area contributed by atoms with Crippen LogP contribution in [0, 0.1) is 18.6 Å². The van der Waals surface area contributed by atoms with E-state index in [9.17, 15) is 8.78 Å². The average Bonchev–Trinajstić information content (AvgIpc) is 2.43. The van der Waals surface area contributed by atoms with E-state index in [1.165, 1.54) is 6.07 Å². The molecule has 0 atom stereocenters. The summed E-state index contributed by atoms with van der Waals surface area (Å²) < 4.78 is 26.8. The van der Waals surface area contributed by atoms with Gasteiger partial charge in [0.2, 0.25) is 0 Å². The molecule has 5 heteroatoms. The minimum Gasteiger partial charge on any atom is -0.310 e. The Morgan fingerprint density at radius 1 is 1.24 bits per heavy atom. The second kappa shape index (κ2) is 7.00. The van der Waals surface area contributed by atoms with Crippen molar-refractivity contribution in [3.63, 3.8) is 0 Å². The number of nitrogens with one attached hydrogen (secondary N) is 1. The molecule has 1 heterocycles. The Labute approximate surface area is 128 Å². The first-order chi connectivity index (χ1) is 9.95. The number of nitrogens with zero attached hydrogens (tertiary/aromatic N) is 1. The standard InChI is InChI=1S/C16H18F2N2S/c1-10(2)19-8-12-6-11(3)16(20-9-12)21-15-7-13(17)4-5-14(15)18/h4-7,9-10,19H,8H2,1-3H3. The Morgan fingerprint density at radius 2 is 2.00 bits per heavy atom. The van der Waals surface area contributed by atoms with E-state index < -0.39 is 11.6 Å². The molecular weight excluding hydrogens is 290 g/mol. The van der Waals surface area contributed by atoms with Crippen LogP contribution in [0.25, 0.3) is 0 Å². The van der Waals surface area contributed by atoms with Crippen LogP contribution in [0.5, 0.6) is 0 Å². The van der Waals surface area contributed by atoms with Crippen LogP contribution in [0.2, 0.25) is 0 Å². The van der Waals surface area contributed by atoms with Crippen molar-refractivity contribution in [3.8, 4) is 0 Å². The molecule has 2 aromatic rings. The monoisotopic (exact) mass is 308 g/mol. The quantitative estimate of drug-likeness (QED) is 0.890. The molecule has 0 fully saturated rings. The topological polar surface area (TPSA) is 24.9 Å². The van der Waals surface area contributed by atoms with Crippen LogP contribution in [0.15, 0.2) is 40.4 Å². The molecule has 0 saturated carbocycles. The van der Waals surface area contributed by atoms with Crippen molar-refractivity contribution in [2.75, 3.05) is 0 Å². The van der Waals surface area contributed by atoms with Gasteiger partial charge in [0, 0.05) is 18.8 Å². The van der Waals surface area contributed by atoms with E-state index in [-0.39, 0.29) is 4.90 Å². The minimum atomic E-state index is -0.450. The van der Waals surface area contributed by atoms with E-state index in [2.05, 4.69) is 24.1 Å². The lowest BCUT2D eigenvalue weighted by atomic mass is 10.2. The molecule has 2 nitrogen and oxygen atoms in total. The third-order valence-electron chi connectivity index (χ3n) is 2.90. The highest BCUT2D eigenvalue weighted by atomic mass is 32.2. The predicted molar refractivity (Wildman–Crippen MR) is 81.4 cm³/mol. The zero-order chi connectivity index (χ0) is 15.4. The molecule has 0 saturated heterocycles. The zero-order valence-corrected chi connectivity index (χ0v) is 13.1. The molecule has 0 radical (unpaired) electrons. The van der Waals surface area contributed by atoms with Gasteiger partial charge >= 0.3 is 0 Å². The Balaban J connectivity index is 2.15. The van der Waals surface area contributed by atoms with Crippen LogP contribution in [0.1, 0.15) is 25.0 Å². The lowest BCUT2D eigenvalue weighted by molar-refractivity contribution is 0.577. The van der Waals surface area contributed by atoms with Crippen molar-refractivity contribution < 1.29 is 8.78 Å². The summed E-state index contributed by atoms with van der Waals surface area (Å²) in [4.78, 5) is 4.60. The summed E-state index contributed by atoms with van der Waals surface area (Å²) in [5.74, 6) is -0.887. The van der Waals surface area contributed by atoms with E-state index >= 15 is 0 Å². The van der Waals surface area contributed by atoms with Crippen molar-refractivity contribution in [1.29, 1.82) is 0 Å². The van der Waals surface area contributed by atoms with Crippen LogP contribution in [0.3, 0.4) is 0 Å². The van der Waals surface area contributed by atoms with Crippen LogP contribution in [-0.2, 0) is 6.54 Å². The second-order valence-electron chi connectivity index (χ2n) is 5.18. The first-order valence-electron chi connectivity index (χ1n) is 6.77. The smallest absolute Gasteiger partial charge is 0.137 e. The van der Waals surface area contributed by atoms with Crippen LogP contribution in [-0.4, -0.2) is 11.0 Å². The van der Waals surface area contributed by atoms with Gasteiger partial charge in [-0.05, 0) is 36.2 Å². The zero-order valence-electron chi connectivity index (χ0n) is 12.3. The average molecular weight is 308 g/mol. The maximum absolute atomic E-state index is 13.7. The van der Waals surface area contributed by atoms with Gasteiger partial charge in [-0.2, -0.15) is 0 Å². The Kier molecular flexibility index (Phi) is 5.31. The molecule has 0 bridgehead atoms. The van der Waals surface area contributed by atoms with Crippen molar-refractivity contribution in [1.82, 2.24) is 10.3 Å². The predicted octanol–water partition coefficient (Wildman–Crippen LogP) is 4.32. The third kappa shape index (κ3) is 4.51. The van der Waals surface area contributed by atoms with Crippen LogP contribution in [0.4, 0.5) is 8.78 Å². The lowest BCUT2D eigenvalue weighted by Crippen LogP contribution is -2.21. The van der Waals surface area contributed by atoms with E-state index in [1.54, 1.807) is 6.20 Å². The summed E-state index contributed by atoms with van der Waals surface area (Å²) in [7, 11) is 0. The van der Waals surface area contributed by atoms with E-state index in [4.69, 9.17) is 0 Å². The lowest BCUT2D eigenvalue weighted by Gasteiger charge is -2.10. The summed E-state index contributed by atoms with van der Waals surface area (Å²) in [5, 5.41) is 4.01. The Hall–Kier alpha value is -1.46. The van der Waals surface area contributed by atoms with Gasteiger partial charge in [-0.3, -0.25) is 0 Å². The maximum atomic E-state index is 13.7. The van der Waals surface area contributed by atoms with Gasteiger partial charge in [0.05, 0.1) is 4.90 Å². The maximum Gasteiger partial charge on any atom is 0.137 e. The fraction of sp³-hybridized carbons (Fsp3) is 0.312. The highest BCUT2D eigenvalue weighted by molar-refractivity contribution is 7.99. The highest BCUT2D eigenvalue weighted by Crippen LogP contribution is 2.31. The minimum absolute atomic E-state index is 0.249. The van der Waals surface area contributed by atoms with Crippen LogP contribution < -0.4 is 5.32 Å². The van der Waals surface area contributed by atoms with Crippen molar-refractivity contribution >= 4 is 11.8 Å². The van der Waals surface area contributed by atoms with Crippen molar-refractivity contribution in [3.05, 3.63) is 53.2 Å². The molecule has 0 aliphatic carbocycles. The molecule has 1 aromatic heterocycles. The molecule has 0 unspecified atom stereocenters. The number of aryl methyl sites for hydroxylation is 1. The number of rotatable bonds is 5. The second-order valence-corrected chi connectivity index (χ2v) is 6.21. The van der Waals surface area contributed by atoms with Gasteiger partial charge < -0.3 is 5.32 Å². The third-order valence-corrected chi connectivity index (χ3v) is 4.05. The number of hydrogen-bond acceptors (Lipinski definition) is 3. The largest absolute Gasteiger partial charge is 0.310 e. The molecule has 0 aliphatic heterocycles. The summed E-state index contributed by atoms with van der Waals surface area (Å²) in [6, 6.07) is 5.85. The fourth-order valence-electron chi connectivity index (χ4n) is 1.81. The van der Waals surface area contributed by atoms with Gasteiger partial charge in [-0.25, -0.2) is 13.8 Å². The Bertz CT molecular complexity index is 630. The molecule has 1 aromatic carbocycles. The molecular formula is C16H18F2N2S. The van der Waals surface area contributed by atoms with Gasteiger partial charge in [0.25, 0.3) is 0 Å². The first-order valence-corrected chi connectivity index (χ1v) is 7.59. The molecule has 112 valence electrons. The molecule has 0 aliphatic rings. The number of halogens is 2. The molecule has 2 rings (SSSR count). The van der Waals surface area contributed by atoms with Crippen LogP contribution >= 0.6 is 11.8 Å². The summed E-state index contributed by atoms with van der Waals surface area (Å²) >= 11 is 1.14. The van der Waals surface area contributed by atoms with Gasteiger partial charge in [0.15, 0.2) is 0 Å². The molecule has 21 heavy (non-hydrogen) atoms. The van der Waals surface area contributed by atoms with Gasteiger partial charge in [-0.1, -0.05) is 31.7 Å². The Morgan fingerprint density at radius 3 is 2.67 bits per heavy atom. The van der Waals surface area contributed by atoms with Crippen molar-refractivity contribution in [2.45, 2.75) is 43.3 Å². The van der Waals surface area contributed by atoms with Gasteiger partial charge in [-0.15, -0.1) is 0 Å². The number of benzene rings is 1. The summed E-state index contributed by atoms with van der Waals surface area (Å²) in [6.07, 6.45) is 1.77. The van der Waals surface area contributed by atoms with Gasteiger partial charge in [0.1, 0.15) is 16.7 Å². The number of aromatic nitrogens is 1. The molecule has 1 N–H and O–H groups in total. The first kappa shape index (κ1) is 15.9. The van der Waals surface area contributed by atoms with Crippen molar-refractivity contribution in [2.24, 2.45) is 0 Å². The van der Waals surface area contributed by atoms with E-state index in [0.717, 1.165) is 41.6 Å². The SMILES string of the molecule is Cc1cc(CNC(C)C)cnc1Sc1cc(F)ccc1F. The summed E-state index contributed by atoms with van der Waals surface area (Å²) in [5.41, 5.74) is 2.02. The highest BCUT2D eigenvalue weighted by Gasteiger charge is 2.09. The fourth-order valence-corrected chi connectivity index (χ4v) is 2.68. The number of hydrogen-bond donors (Lipinski definition) is 1. The number of pyridine rings is 1. The molecule has 0 amide bonds. The van der Waals surface area contributed by atoms with E-state index in [0.29, 0.717) is 11.1 Å². The van der Waals surface area contributed by atoms with E-state index in [1.807, 2.05) is 13.0 Å². The summed E-state index contributed by atoms with van der Waals surface area (Å²) in [6.45, 7) is 6.82. The normalized spacial score (nSPS) is 11.1. The molecule has 0 spiro atoms.